The van der Waals surface area contributed by atoms with Gasteiger partial charge < -0.3 is 14.6 Å². The molecular weight excluding hydrogens is 252 g/mol. The van der Waals surface area contributed by atoms with Crippen molar-refractivity contribution < 1.29 is 4.74 Å². The summed E-state index contributed by atoms with van der Waals surface area (Å²) in [4.78, 5) is 11.3. The molecule has 2 aromatic rings. The van der Waals surface area contributed by atoms with Crippen LogP contribution in [-0.2, 0) is 13.6 Å². The molecule has 2 rings (SSSR count). The van der Waals surface area contributed by atoms with Gasteiger partial charge in [0, 0.05) is 31.4 Å². The summed E-state index contributed by atoms with van der Waals surface area (Å²) in [6.07, 6.45) is 1.93. The van der Waals surface area contributed by atoms with Crippen LogP contribution >= 0.6 is 0 Å². The number of anilines is 1. The van der Waals surface area contributed by atoms with Gasteiger partial charge in [0.05, 0.1) is 11.8 Å². The molecule has 0 spiro atoms. The molecule has 20 heavy (non-hydrogen) atoms. The molecule has 0 bridgehead atoms. The second kappa shape index (κ2) is 6.28. The standard InChI is InChI=1S/C16H20N2O2/c1-12(2)20-15-7-5-4-6-13(15)10-17-14-8-9-16(19)18(3)11-14/h4-9,11-12,17H,10H2,1-3H3. The van der Waals surface area contributed by atoms with Crippen LogP contribution in [0.4, 0.5) is 5.69 Å². The number of para-hydroxylation sites is 1. The first kappa shape index (κ1) is 14.2. The summed E-state index contributed by atoms with van der Waals surface area (Å²) < 4.78 is 7.34. The van der Waals surface area contributed by atoms with E-state index < -0.39 is 0 Å². The van der Waals surface area contributed by atoms with Gasteiger partial charge in [0.25, 0.3) is 0 Å². The van der Waals surface area contributed by atoms with Gasteiger partial charge in [-0.25, -0.2) is 0 Å². The van der Waals surface area contributed by atoms with Crippen LogP contribution in [0.2, 0.25) is 0 Å². The maximum atomic E-state index is 11.3. The Hall–Kier alpha value is -2.23. The third-order valence-electron chi connectivity index (χ3n) is 2.90. The Kier molecular flexibility index (Phi) is 4.45. The number of nitrogens with zero attached hydrogens (tertiary/aromatic N) is 1. The highest BCUT2D eigenvalue weighted by Gasteiger charge is 2.05. The normalized spacial score (nSPS) is 10.6. The van der Waals surface area contributed by atoms with E-state index >= 15 is 0 Å². The van der Waals surface area contributed by atoms with Crippen LogP contribution in [0.3, 0.4) is 0 Å². The maximum Gasteiger partial charge on any atom is 0.250 e. The number of aryl methyl sites for hydroxylation is 1. The summed E-state index contributed by atoms with van der Waals surface area (Å²) in [7, 11) is 1.74. The van der Waals surface area contributed by atoms with Crippen LogP contribution < -0.4 is 15.6 Å². The summed E-state index contributed by atoms with van der Waals surface area (Å²) in [6, 6.07) is 11.3. The molecule has 1 N–H and O–H groups in total. The molecule has 1 aromatic heterocycles. The monoisotopic (exact) mass is 272 g/mol. The average molecular weight is 272 g/mol. The SMILES string of the molecule is CC(C)Oc1ccccc1CNc1ccc(=O)n(C)c1. The molecule has 4 nitrogen and oxygen atoms in total. The van der Waals surface area contributed by atoms with E-state index in [1.165, 1.54) is 0 Å². The van der Waals surface area contributed by atoms with Crippen LogP contribution in [0.15, 0.2) is 47.4 Å². The predicted molar refractivity (Wildman–Crippen MR) is 81.2 cm³/mol. The number of rotatable bonds is 5. The van der Waals surface area contributed by atoms with E-state index in [-0.39, 0.29) is 11.7 Å². The minimum Gasteiger partial charge on any atom is -0.491 e. The van der Waals surface area contributed by atoms with Crippen LogP contribution in [-0.4, -0.2) is 10.7 Å². The minimum absolute atomic E-state index is 0.0147. The number of pyridine rings is 1. The molecule has 0 aliphatic heterocycles. The topological polar surface area (TPSA) is 43.3 Å². The predicted octanol–water partition coefficient (Wildman–Crippen LogP) is 2.78. The van der Waals surface area contributed by atoms with Gasteiger partial charge in [0.15, 0.2) is 0 Å². The molecule has 0 aliphatic rings. The second-order valence-corrected chi connectivity index (χ2v) is 4.99. The molecule has 4 heteroatoms. The number of ether oxygens (including phenoxy) is 1. The van der Waals surface area contributed by atoms with Crippen molar-refractivity contribution in [3.05, 3.63) is 58.5 Å². The van der Waals surface area contributed by atoms with Gasteiger partial charge in [-0.3, -0.25) is 4.79 Å². The first-order chi connectivity index (χ1) is 9.56. The van der Waals surface area contributed by atoms with E-state index in [1.807, 2.05) is 38.1 Å². The van der Waals surface area contributed by atoms with Gasteiger partial charge in [-0.2, -0.15) is 0 Å². The van der Waals surface area contributed by atoms with Crippen molar-refractivity contribution in [3.63, 3.8) is 0 Å². The second-order valence-electron chi connectivity index (χ2n) is 4.99. The number of hydrogen-bond donors (Lipinski definition) is 1. The van der Waals surface area contributed by atoms with E-state index in [0.717, 1.165) is 17.0 Å². The van der Waals surface area contributed by atoms with Gasteiger partial charge in [0.1, 0.15) is 5.75 Å². The molecule has 0 aliphatic carbocycles. The average Bonchev–Trinajstić information content (AvgIpc) is 2.41. The maximum absolute atomic E-state index is 11.3. The molecular formula is C16H20N2O2. The highest BCUT2D eigenvalue weighted by atomic mass is 16.5. The Bertz CT molecular complexity index is 632. The molecule has 0 saturated carbocycles. The van der Waals surface area contributed by atoms with Gasteiger partial charge in [0.2, 0.25) is 5.56 Å². The molecule has 1 heterocycles. The fraction of sp³-hybridized carbons (Fsp3) is 0.312. The van der Waals surface area contributed by atoms with E-state index in [0.29, 0.717) is 6.54 Å². The molecule has 0 radical (unpaired) electrons. The molecule has 0 saturated heterocycles. The quantitative estimate of drug-likeness (QED) is 0.910. The highest BCUT2D eigenvalue weighted by Crippen LogP contribution is 2.20. The van der Waals surface area contributed by atoms with Crippen molar-refractivity contribution in [1.82, 2.24) is 4.57 Å². The number of hydrogen-bond acceptors (Lipinski definition) is 3. The number of aromatic nitrogens is 1. The van der Waals surface area contributed by atoms with Gasteiger partial charge in [-0.05, 0) is 26.0 Å². The van der Waals surface area contributed by atoms with Gasteiger partial charge in [-0.15, -0.1) is 0 Å². The van der Waals surface area contributed by atoms with Crippen LogP contribution in [0.5, 0.6) is 5.75 Å². The summed E-state index contributed by atoms with van der Waals surface area (Å²) in [5, 5.41) is 3.30. The summed E-state index contributed by atoms with van der Waals surface area (Å²) in [5.41, 5.74) is 1.99. The molecule has 0 atom stereocenters. The van der Waals surface area contributed by atoms with Crippen LogP contribution in [0, 0.1) is 0 Å². The Labute approximate surface area is 119 Å². The molecule has 0 fully saturated rings. The molecule has 0 unspecified atom stereocenters. The lowest BCUT2D eigenvalue weighted by Crippen LogP contribution is -2.15. The molecule has 0 amide bonds. The Morgan fingerprint density at radius 3 is 2.65 bits per heavy atom. The van der Waals surface area contributed by atoms with E-state index in [1.54, 1.807) is 29.9 Å². The lowest BCUT2D eigenvalue weighted by Gasteiger charge is -2.15. The first-order valence-corrected chi connectivity index (χ1v) is 6.71. The highest BCUT2D eigenvalue weighted by molar-refractivity contribution is 5.43. The smallest absolute Gasteiger partial charge is 0.250 e. The summed E-state index contributed by atoms with van der Waals surface area (Å²) in [5.74, 6) is 0.889. The Morgan fingerprint density at radius 2 is 1.95 bits per heavy atom. The van der Waals surface area contributed by atoms with Crippen molar-refractivity contribution in [2.45, 2.75) is 26.5 Å². The zero-order valence-corrected chi connectivity index (χ0v) is 12.1. The van der Waals surface area contributed by atoms with E-state index in [9.17, 15) is 4.79 Å². The van der Waals surface area contributed by atoms with E-state index in [4.69, 9.17) is 4.74 Å². The Morgan fingerprint density at radius 1 is 1.20 bits per heavy atom. The summed E-state index contributed by atoms with van der Waals surface area (Å²) >= 11 is 0. The number of benzene rings is 1. The van der Waals surface area contributed by atoms with Crippen molar-refractivity contribution in [1.29, 1.82) is 0 Å². The fourth-order valence-electron chi connectivity index (χ4n) is 1.91. The van der Waals surface area contributed by atoms with Crippen molar-refractivity contribution >= 4 is 5.69 Å². The van der Waals surface area contributed by atoms with Crippen LogP contribution in [0.1, 0.15) is 19.4 Å². The van der Waals surface area contributed by atoms with Gasteiger partial charge >= 0.3 is 0 Å². The number of nitrogens with one attached hydrogen (secondary N) is 1. The van der Waals surface area contributed by atoms with Crippen molar-refractivity contribution in [2.24, 2.45) is 7.05 Å². The molecule has 1 aromatic carbocycles. The minimum atomic E-state index is -0.0147. The van der Waals surface area contributed by atoms with Gasteiger partial charge in [-0.1, -0.05) is 18.2 Å². The van der Waals surface area contributed by atoms with Crippen LogP contribution in [0.25, 0.3) is 0 Å². The lowest BCUT2D eigenvalue weighted by molar-refractivity contribution is 0.240. The summed E-state index contributed by atoms with van der Waals surface area (Å²) in [6.45, 7) is 4.68. The third kappa shape index (κ3) is 3.63. The lowest BCUT2D eigenvalue weighted by atomic mass is 10.2. The van der Waals surface area contributed by atoms with Crippen molar-refractivity contribution in [3.8, 4) is 5.75 Å². The Balaban J connectivity index is 2.10. The largest absolute Gasteiger partial charge is 0.491 e. The zero-order chi connectivity index (χ0) is 14.5. The molecule has 106 valence electrons. The van der Waals surface area contributed by atoms with Crippen molar-refractivity contribution in [2.75, 3.05) is 5.32 Å². The van der Waals surface area contributed by atoms with E-state index in [2.05, 4.69) is 5.32 Å². The fourth-order valence-corrected chi connectivity index (χ4v) is 1.91. The first-order valence-electron chi connectivity index (χ1n) is 6.71. The third-order valence-corrected chi connectivity index (χ3v) is 2.90. The zero-order valence-electron chi connectivity index (χ0n) is 12.1.